The van der Waals surface area contributed by atoms with Crippen molar-refractivity contribution in [3.05, 3.63) is 29.3 Å². The Morgan fingerprint density at radius 2 is 1.95 bits per heavy atom. The minimum Gasteiger partial charge on any atom is -0.466 e. The number of hydrogen-bond donors (Lipinski definition) is 1. The van der Waals surface area contributed by atoms with Gasteiger partial charge in [0.15, 0.2) is 0 Å². The molecule has 0 atom stereocenters. The number of amides is 1. The summed E-state index contributed by atoms with van der Waals surface area (Å²) in [6.07, 6.45) is 0.855. The first-order chi connectivity index (χ1) is 10.4. The van der Waals surface area contributed by atoms with Crippen LogP contribution in [0.4, 0.5) is 0 Å². The molecule has 0 saturated heterocycles. The van der Waals surface area contributed by atoms with E-state index in [1.54, 1.807) is 25.1 Å². The van der Waals surface area contributed by atoms with E-state index in [1.807, 2.05) is 6.92 Å². The average molecular weight is 307 g/mol. The highest BCUT2D eigenvalue weighted by Crippen LogP contribution is 2.20. The zero-order valence-corrected chi connectivity index (χ0v) is 13.1. The van der Waals surface area contributed by atoms with Crippen molar-refractivity contribution in [2.45, 2.75) is 33.6 Å². The highest BCUT2D eigenvalue weighted by Gasteiger charge is 2.14. The lowest BCUT2D eigenvalue weighted by Crippen LogP contribution is -2.26. The number of rotatable bonds is 7. The van der Waals surface area contributed by atoms with Crippen LogP contribution in [0.5, 0.6) is 5.75 Å². The summed E-state index contributed by atoms with van der Waals surface area (Å²) in [7, 11) is 0. The van der Waals surface area contributed by atoms with Crippen LogP contribution < -0.4 is 10.1 Å². The maximum absolute atomic E-state index is 12.1. The van der Waals surface area contributed by atoms with Crippen LogP contribution in [0.15, 0.2) is 18.2 Å². The molecular formula is C16H21NO5. The zero-order valence-electron chi connectivity index (χ0n) is 13.1. The molecule has 0 saturated carbocycles. The summed E-state index contributed by atoms with van der Waals surface area (Å²) in [6.45, 7) is 5.47. The fraction of sp³-hybridized carbons (Fsp3) is 0.438. The maximum Gasteiger partial charge on any atom is 0.308 e. The molecule has 0 heterocycles. The molecule has 1 amide bonds. The third kappa shape index (κ3) is 5.95. The van der Waals surface area contributed by atoms with Gasteiger partial charge in [-0.15, -0.1) is 0 Å². The first-order valence-corrected chi connectivity index (χ1v) is 7.17. The first kappa shape index (κ1) is 17.7. The second-order valence-corrected chi connectivity index (χ2v) is 4.78. The van der Waals surface area contributed by atoms with Crippen molar-refractivity contribution in [1.29, 1.82) is 0 Å². The molecule has 0 aliphatic heterocycles. The van der Waals surface area contributed by atoms with Gasteiger partial charge in [0, 0.05) is 19.9 Å². The number of carbonyl (C=O) groups excluding carboxylic acids is 3. The second-order valence-electron chi connectivity index (χ2n) is 4.78. The number of benzene rings is 1. The summed E-state index contributed by atoms with van der Waals surface area (Å²) < 4.78 is 9.96. The SMILES string of the molecule is CCC(=O)OCCCNC(=O)c1ccc(C)cc1OC(C)=O. The molecule has 6 nitrogen and oxygen atoms in total. The Hall–Kier alpha value is -2.37. The Morgan fingerprint density at radius 3 is 2.59 bits per heavy atom. The lowest BCUT2D eigenvalue weighted by molar-refractivity contribution is -0.143. The van der Waals surface area contributed by atoms with Gasteiger partial charge in [-0.2, -0.15) is 0 Å². The van der Waals surface area contributed by atoms with E-state index in [-0.39, 0.29) is 24.2 Å². The molecule has 0 bridgehead atoms. The van der Waals surface area contributed by atoms with Crippen LogP contribution in [0.1, 0.15) is 42.6 Å². The molecule has 0 spiro atoms. The highest BCUT2D eigenvalue weighted by atomic mass is 16.5. The van der Waals surface area contributed by atoms with Gasteiger partial charge in [-0.05, 0) is 31.0 Å². The molecule has 120 valence electrons. The normalized spacial score (nSPS) is 9.95. The van der Waals surface area contributed by atoms with E-state index in [2.05, 4.69) is 5.32 Å². The zero-order chi connectivity index (χ0) is 16.5. The van der Waals surface area contributed by atoms with Crippen LogP contribution >= 0.6 is 0 Å². The summed E-state index contributed by atoms with van der Waals surface area (Å²) in [4.78, 5) is 34.1. The van der Waals surface area contributed by atoms with E-state index in [4.69, 9.17) is 9.47 Å². The molecule has 0 aliphatic carbocycles. The molecule has 0 aliphatic rings. The summed E-state index contributed by atoms with van der Waals surface area (Å²) in [6, 6.07) is 5.02. The van der Waals surface area contributed by atoms with Crippen LogP contribution in [0.2, 0.25) is 0 Å². The Balaban J connectivity index is 2.54. The minimum atomic E-state index is -0.480. The van der Waals surface area contributed by atoms with Crippen molar-refractivity contribution >= 4 is 17.8 Å². The highest BCUT2D eigenvalue weighted by molar-refractivity contribution is 5.97. The summed E-state index contributed by atoms with van der Waals surface area (Å²) in [5.74, 6) is -0.839. The van der Waals surface area contributed by atoms with Crippen LogP contribution in [0.3, 0.4) is 0 Å². The van der Waals surface area contributed by atoms with Crippen molar-refractivity contribution in [3.63, 3.8) is 0 Å². The molecule has 6 heteroatoms. The Labute approximate surface area is 129 Å². The summed E-state index contributed by atoms with van der Waals surface area (Å²) >= 11 is 0. The standard InChI is InChI=1S/C16H21NO5/c1-4-15(19)21-9-5-8-17-16(20)13-7-6-11(2)10-14(13)22-12(3)18/h6-7,10H,4-5,8-9H2,1-3H3,(H,17,20). The lowest BCUT2D eigenvalue weighted by Gasteiger charge is -2.10. The van der Waals surface area contributed by atoms with Gasteiger partial charge >= 0.3 is 11.9 Å². The fourth-order valence-corrected chi connectivity index (χ4v) is 1.71. The van der Waals surface area contributed by atoms with Crippen molar-refractivity contribution < 1.29 is 23.9 Å². The number of aryl methyl sites for hydroxylation is 1. The molecule has 1 aromatic rings. The largest absolute Gasteiger partial charge is 0.466 e. The van der Waals surface area contributed by atoms with Crippen molar-refractivity contribution in [1.82, 2.24) is 5.32 Å². The van der Waals surface area contributed by atoms with Gasteiger partial charge in [0.1, 0.15) is 5.75 Å². The van der Waals surface area contributed by atoms with E-state index < -0.39 is 5.97 Å². The smallest absolute Gasteiger partial charge is 0.308 e. The Morgan fingerprint density at radius 1 is 1.23 bits per heavy atom. The number of nitrogens with one attached hydrogen (secondary N) is 1. The minimum absolute atomic E-state index is 0.238. The van der Waals surface area contributed by atoms with Gasteiger partial charge in [-0.3, -0.25) is 14.4 Å². The second kappa shape index (κ2) is 8.81. The fourth-order valence-electron chi connectivity index (χ4n) is 1.71. The predicted molar refractivity (Wildman–Crippen MR) is 80.7 cm³/mol. The molecule has 0 aromatic heterocycles. The van der Waals surface area contributed by atoms with Gasteiger partial charge in [0.2, 0.25) is 0 Å². The van der Waals surface area contributed by atoms with Gasteiger partial charge in [-0.1, -0.05) is 13.0 Å². The summed E-state index contributed by atoms with van der Waals surface area (Å²) in [5, 5.41) is 2.70. The van der Waals surface area contributed by atoms with E-state index in [0.717, 1.165) is 5.56 Å². The van der Waals surface area contributed by atoms with E-state index in [1.165, 1.54) is 6.92 Å². The monoisotopic (exact) mass is 307 g/mol. The maximum atomic E-state index is 12.1. The molecule has 1 N–H and O–H groups in total. The van der Waals surface area contributed by atoms with E-state index >= 15 is 0 Å². The topological polar surface area (TPSA) is 81.7 Å². The quantitative estimate of drug-likeness (QED) is 0.473. The van der Waals surface area contributed by atoms with Crippen LogP contribution in [0, 0.1) is 6.92 Å². The van der Waals surface area contributed by atoms with Crippen molar-refractivity contribution in [2.75, 3.05) is 13.2 Å². The van der Waals surface area contributed by atoms with Crippen molar-refractivity contribution in [3.8, 4) is 5.75 Å². The van der Waals surface area contributed by atoms with E-state index in [0.29, 0.717) is 24.9 Å². The third-order valence-corrected chi connectivity index (χ3v) is 2.79. The van der Waals surface area contributed by atoms with Crippen LogP contribution in [-0.2, 0) is 14.3 Å². The van der Waals surface area contributed by atoms with Gasteiger partial charge in [0.05, 0.1) is 12.2 Å². The van der Waals surface area contributed by atoms with Crippen molar-refractivity contribution in [2.24, 2.45) is 0 Å². The molecule has 0 unspecified atom stereocenters. The van der Waals surface area contributed by atoms with Crippen LogP contribution in [-0.4, -0.2) is 31.0 Å². The Kier molecular flexibility index (Phi) is 7.08. The third-order valence-electron chi connectivity index (χ3n) is 2.79. The predicted octanol–water partition coefficient (Wildman–Crippen LogP) is 1.99. The van der Waals surface area contributed by atoms with Gasteiger partial charge < -0.3 is 14.8 Å². The lowest BCUT2D eigenvalue weighted by atomic mass is 10.1. The Bertz CT molecular complexity index is 553. The average Bonchev–Trinajstić information content (AvgIpc) is 2.45. The van der Waals surface area contributed by atoms with Crippen LogP contribution in [0.25, 0.3) is 0 Å². The molecule has 1 aromatic carbocycles. The number of hydrogen-bond acceptors (Lipinski definition) is 5. The molecule has 22 heavy (non-hydrogen) atoms. The number of esters is 2. The molecule has 1 rings (SSSR count). The molecule has 0 radical (unpaired) electrons. The van der Waals surface area contributed by atoms with Gasteiger partial charge in [-0.25, -0.2) is 0 Å². The summed E-state index contributed by atoms with van der Waals surface area (Å²) in [5.41, 5.74) is 1.19. The van der Waals surface area contributed by atoms with Gasteiger partial charge in [0.25, 0.3) is 5.91 Å². The number of ether oxygens (including phenoxy) is 2. The number of carbonyl (C=O) groups is 3. The molecular weight excluding hydrogens is 286 g/mol. The van der Waals surface area contributed by atoms with E-state index in [9.17, 15) is 14.4 Å². The molecule has 0 fully saturated rings. The first-order valence-electron chi connectivity index (χ1n) is 7.17.